The zero-order valence-corrected chi connectivity index (χ0v) is 15.8. The topological polar surface area (TPSA) is 81.3 Å². The third-order valence-electron chi connectivity index (χ3n) is 3.80. The molecular formula is C17H21BrN4O2. The summed E-state index contributed by atoms with van der Waals surface area (Å²) in [5.41, 5.74) is 8.17. The fourth-order valence-electron chi connectivity index (χ4n) is 2.54. The lowest BCUT2D eigenvalue weighted by Gasteiger charge is -2.21. The van der Waals surface area contributed by atoms with Crippen molar-refractivity contribution in [1.29, 1.82) is 0 Å². The minimum Gasteiger partial charge on any atom is -0.496 e. The van der Waals surface area contributed by atoms with E-state index in [0.717, 1.165) is 10.0 Å². The number of amides is 1. The summed E-state index contributed by atoms with van der Waals surface area (Å²) in [5.74, 6) is 0.749. The molecule has 0 radical (unpaired) electrons. The Morgan fingerprint density at radius 2 is 1.96 bits per heavy atom. The van der Waals surface area contributed by atoms with Crippen LogP contribution in [0.2, 0.25) is 0 Å². The number of methoxy groups -OCH3 is 1. The zero-order valence-electron chi connectivity index (χ0n) is 14.3. The minimum absolute atomic E-state index is 0.0977. The second-order valence-corrected chi connectivity index (χ2v) is 6.07. The van der Waals surface area contributed by atoms with E-state index in [-0.39, 0.29) is 11.9 Å². The van der Waals surface area contributed by atoms with Crippen molar-refractivity contribution in [2.75, 3.05) is 25.9 Å². The molecule has 0 atom stereocenters. The second kappa shape index (κ2) is 7.61. The molecule has 0 aliphatic rings. The molecular weight excluding hydrogens is 372 g/mol. The van der Waals surface area contributed by atoms with Crippen LogP contribution in [0.25, 0.3) is 11.3 Å². The molecule has 1 aromatic carbocycles. The van der Waals surface area contributed by atoms with Crippen LogP contribution < -0.4 is 10.5 Å². The number of nitrogen functional groups attached to an aromatic ring is 1. The number of aromatic nitrogens is 2. The summed E-state index contributed by atoms with van der Waals surface area (Å²) in [4.78, 5) is 23.2. The summed E-state index contributed by atoms with van der Waals surface area (Å²) in [7, 11) is 1.60. The van der Waals surface area contributed by atoms with Crippen molar-refractivity contribution in [2.45, 2.75) is 20.8 Å². The molecule has 0 saturated carbocycles. The summed E-state index contributed by atoms with van der Waals surface area (Å²) < 4.78 is 6.03. The molecule has 0 aliphatic heterocycles. The van der Waals surface area contributed by atoms with E-state index >= 15 is 0 Å². The van der Waals surface area contributed by atoms with Gasteiger partial charge >= 0.3 is 0 Å². The number of nitrogens with two attached hydrogens (primary N) is 1. The average Bonchev–Trinajstić information content (AvgIpc) is 2.55. The number of hydrogen-bond acceptors (Lipinski definition) is 5. The average molecular weight is 393 g/mol. The number of ether oxygens (including phenoxy) is 1. The zero-order chi connectivity index (χ0) is 17.9. The van der Waals surface area contributed by atoms with Crippen LogP contribution >= 0.6 is 15.9 Å². The first-order valence-corrected chi connectivity index (χ1v) is 8.49. The Kier molecular flexibility index (Phi) is 5.77. The first-order chi connectivity index (χ1) is 11.4. The van der Waals surface area contributed by atoms with Crippen molar-refractivity contribution in [3.63, 3.8) is 0 Å². The predicted octanol–water partition coefficient (Wildman–Crippen LogP) is 3.29. The van der Waals surface area contributed by atoms with Gasteiger partial charge in [-0.1, -0.05) is 0 Å². The van der Waals surface area contributed by atoms with E-state index in [1.165, 1.54) is 0 Å². The Bertz CT molecular complexity index is 760. The van der Waals surface area contributed by atoms with Crippen LogP contribution in [0.5, 0.6) is 5.75 Å². The number of aryl methyl sites for hydroxylation is 1. The Morgan fingerprint density at radius 3 is 2.50 bits per heavy atom. The molecule has 0 fully saturated rings. The Morgan fingerprint density at radius 1 is 1.29 bits per heavy atom. The lowest BCUT2D eigenvalue weighted by atomic mass is 10.0. The SMILES string of the molecule is CCN(CC)C(=O)c1c(C)nc(N)nc1-c1ccc(OC)c(Br)c1. The number of halogens is 1. The lowest BCUT2D eigenvalue weighted by molar-refractivity contribution is 0.0772. The maximum atomic E-state index is 12.9. The third-order valence-corrected chi connectivity index (χ3v) is 4.42. The highest BCUT2D eigenvalue weighted by atomic mass is 79.9. The van der Waals surface area contributed by atoms with Gasteiger partial charge in [-0.25, -0.2) is 9.97 Å². The number of benzene rings is 1. The van der Waals surface area contributed by atoms with Gasteiger partial charge in [-0.3, -0.25) is 4.79 Å². The first kappa shape index (κ1) is 18.2. The molecule has 0 saturated heterocycles. The first-order valence-electron chi connectivity index (χ1n) is 7.70. The van der Waals surface area contributed by atoms with E-state index in [0.29, 0.717) is 35.8 Å². The standard InChI is InChI=1S/C17H21BrN4O2/c1-5-22(6-2)16(23)14-10(3)20-17(19)21-15(14)11-7-8-13(24-4)12(18)9-11/h7-9H,5-6H2,1-4H3,(H2,19,20,21). The van der Waals surface area contributed by atoms with Gasteiger partial charge in [0.05, 0.1) is 28.5 Å². The molecule has 6 nitrogen and oxygen atoms in total. The minimum atomic E-state index is -0.0977. The number of nitrogens with zero attached hydrogens (tertiary/aromatic N) is 3. The number of anilines is 1. The van der Waals surface area contributed by atoms with E-state index in [9.17, 15) is 4.79 Å². The molecule has 128 valence electrons. The normalized spacial score (nSPS) is 10.5. The van der Waals surface area contributed by atoms with Gasteiger partial charge < -0.3 is 15.4 Å². The molecule has 2 rings (SSSR count). The van der Waals surface area contributed by atoms with Crippen LogP contribution in [0.1, 0.15) is 29.9 Å². The van der Waals surface area contributed by atoms with E-state index in [1.54, 1.807) is 18.9 Å². The fourth-order valence-corrected chi connectivity index (χ4v) is 3.08. The van der Waals surface area contributed by atoms with Crippen LogP contribution in [-0.2, 0) is 0 Å². The van der Waals surface area contributed by atoms with Crippen molar-refractivity contribution in [3.05, 3.63) is 33.9 Å². The Hall–Kier alpha value is -2.15. The monoisotopic (exact) mass is 392 g/mol. The van der Waals surface area contributed by atoms with Crippen LogP contribution in [-0.4, -0.2) is 41.0 Å². The van der Waals surface area contributed by atoms with E-state index in [1.807, 2.05) is 32.0 Å². The summed E-state index contributed by atoms with van der Waals surface area (Å²) in [6.07, 6.45) is 0. The van der Waals surface area contributed by atoms with Gasteiger partial charge in [0.1, 0.15) is 5.75 Å². The highest BCUT2D eigenvalue weighted by Crippen LogP contribution is 2.32. The van der Waals surface area contributed by atoms with Crippen LogP contribution in [0.15, 0.2) is 22.7 Å². The van der Waals surface area contributed by atoms with Gasteiger partial charge in [0, 0.05) is 18.7 Å². The fraction of sp³-hybridized carbons (Fsp3) is 0.353. The van der Waals surface area contributed by atoms with Crippen molar-refractivity contribution >= 4 is 27.8 Å². The van der Waals surface area contributed by atoms with Gasteiger partial charge in [0.2, 0.25) is 5.95 Å². The van der Waals surface area contributed by atoms with Crippen molar-refractivity contribution in [2.24, 2.45) is 0 Å². The van der Waals surface area contributed by atoms with Gasteiger partial charge in [0.25, 0.3) is 5.91 Å². The summed E-state index contributed by atoms with van der Waals surface area (Å²) in [6.45, 7) is 6.89. The maximum absolute atomic E-state index is 12.9. The number of hydrogen-bond donors (Lipinski definition) is 1. The van der Waals surface area contributed by atoms with E-state index < -0.39 is 0 Å². The molecule has 0 spiro atoms. The van der Waals surface area contributed by atoms with Crippen molar-refractivity contribution < 1.29 is 9.53 Å². The van der Waals surface area contributed by atoms with Gasteiger partial charge in [-0.15, -0.1) is 0 Å². The molecule has 24 heavy (non-hydrogen) atoms. The van der Waals surface area contributed by atoms with Crippen LogP contribution in [0.4, 0.5) is 5.95 Å². The predicted molar refractivity (Wildman–Crippen MR) is 98.1 cm³/mol. The highest BCUT2D eigenvalue weighted by molar-refractivity contribution is 9.10. The molecule has 7 heteroatoms. The van der Waals surface area contributed by atoms with Gasteiger partial charge in [-0.05, 0) is 54.9 Å². The molecule has 1 heterocycles. The summed E-state index contributed by atoms with van der Waals surface area (Å²) in [6, 6.07) is 5.53. The highest BCUT2D eigenvalue weighted by Gasteiger charge is 2.23. The van der Waals surface area contributed by atoms with E-state index in [2.05, 4.69) is 25.9 Å². The van der Waals surface area contributed by atoms with Gasteiger partial charge in [-0.2, -0.15) is 0 Å². The quantitative estimate of drug-likeness (QED) is 0.843. The molecule has 1 aromatic heterocycles. The number of carbonyl (C=O) groups is 1. The van der Waals surface area contributed by atoms with E-state index in [4.69, 9.17) is 10.5 Å². The summed E-state index contributed by atoms with van der Waals surface area (Å²) in [5, 5.41) is 0. The summed E-state index contributed by atoms with van der Waals surface area (Å²) >= 11 is 3.46. The molecule has 0 unspecified atom stereocenters. The molecule has 0 aliphatic carbocycles. The third kappa shape index (κ3) is 3.51. The maximum Gasteiger partial charge on any atom is 0.257 e. The van der Waals surface area contributed by atoms with Crippen molar-refractivity contribution in [1.82, 2.24) is 14.9 Å². The number of rotatable bonds is 5. The van der Waals surface area contributed by atoms with Gasteiger partial charge in [0.15, 0.2) is 0 Å². The molecule has 2 aromatic rings. The molecule has 2 N–H and O–H groups in total. The largest absolute Gasteiger partial charge is 0.496 e. The van der Waals surface area contributed by atoms with Crippen molar-refractivity contribution in [3.8, 4) is 17.0 Å². The van der Waals surface area contributed by atoms with Crippen LogP contribution in [0, 0.1) is 6.92 Å². The Balaban J connectivity index is 2.65. The molecule has 1 amide bonds. The van der Waals surface area contributed by atoms with Crippen LogP contribution in [0.3, 0.4) is 0 Å². The Labute approximate surface area is 150 Å². The lowest BCUT2D eigenvalue weighted by Crippen LogP contribution is -2.32. The smallest absolute Gasteiger partial charge is 0.257 e. The second-order valence-electron chi connectivity index (χ2n) is 5.22. The molecule has 0 bridgehead atoms. The number of carbonyl (C=O) groups excluding carboxylic acids is 1.